The highest BCUT2D eigenvalue weighted by atomic mass is 79.9. The second-order valence-corrected chi connectivity index (χ2v) is 9.14. The first-order valence-electron chi connectivity index (χ1n) is 10.2. The standard InChI is InChI=1S/C23H26BrN3O2/c1-13(2)27-8-7-17-19(10-16(24)11-21(17)27)22(28)25-12-20-18(15-5-4-6-15)9-14(3)26-23(20)29/h7-11,13,15H,4-6,12H2,1-3H3,(H,25,28)(H,26,29). The minimum atomic E-state index is -0.169. The van der Waals surface area contributed by atoms with Crippen molar-refractivity contribution in [2.45, 2.75) is 58.5 Å². The van der Waals surface area contributed by atoms with Gasteiger partial charge in [0.05, 0.1) is 5.52 Å². The molecule has 2 aromatic heterocycles. The maximum Gasteiger partial charge on any atom is 0.253 e. The zero-order valence-corrected chi connectivity index (χ0v) is 18.6. The minimum absolute atomic E-state index is 0.0995. The number of benzene rings is 1. The lowest BCUT2D eigenvalue weighted by Crippen LogP contribution is -2.29. The Bertz CT molecular complexity index is 1140. The molecule has 152 valence electrons. The number of hydrogen-bond donors (Lipinski definition) is 2. The van der Waals surface area contributed by atoms with Crippen molar-refractivity contribution in [1.82, 2.24) is 14.9 Å². The number of halogens is 1. The molecule has 0 unspecified atom stereocenters. The molecule has 1 aromatic carbocycles. The molecule has 4 rings (SSSR count). The molecule has 2 heterocycles. The molecule has 0 saturated heterocycles. The summed E-state index contributed by atoms with van der Waals surface area (Å²) in [4.78, 5) is 28.5. The molecule has 2 N–H and O–H groups in total. The van der Waals surface area contributed by atoms with Gasteiger partial charge in [-0.05, 0) is 69.4 Å². The SMILES string of the molecule is Cc1cc(C2CCC2)c(CNC(=O)c2cc(Br)cc3c2ccn3C(C)C)c(=O)[nH]1. The van der Waals surface area contributed by atoms with Gasteiger partial charge in [-0.25, -0.2) is 0 Å². The van der Waals surface area contributed by atoms with Gasteiger partial charge in [-0.2, -0.15) is 0 Å². The molecule has 1 aliphatic carbocycles. The van der Waals surface area contributed by atoms with Crippen molar-refractivity contribution in [2.75, 3.05) is 0 Å². The van der Waals surface area contributed by atoms with Crippen molar-refractivity contribution in [3.05, 3.63) is 67.7 Å². The monoisotopic (exact) mass is 455 g/mol. The maximum absolute atomic E-state index is 13.1. The van der Waals surface area contributed by atoms with Gasteiger partial charge in [-0.1, -0.05) is 22.4 Å². The van der Waals surface area contributed by atoms with Crippen LogP contribution in [0.1, 0.15) is 72.2 Å². The summed E-state index contributed by atoms with van der Waals surface area (Å²) < 4.78 is 3.01. The van der Waals surface area contributed by atoms with E-state index in [0.29, 0.717) is 23.1 Å². The Morgan fingerprint density at radius 3 is 2.72 bits per heavy atom. The zero-order chi connectivity index (χ0) is 20.7. The molecule has 0 radical (unpaired) electrons. The van der Waals surface area contributed by atoms with Crippen LogP contribution in [0.25, 0.3) is 10.9 Å². The van der Waals surface area contributed by atoms with Gasteiger partial charge in [0.1, 0.15) is 0 Å². The van der Waals surface area contributed by atoms with Crippen molar-refractivity contribution >= 4 is 32.7 Å². The summed E-state index contributed by atoms with van der Waals surface area (Å²) in [5.74, 6) is 0.262. The number of aromatic nitrogens is 2. The molecular formula is C23H26BrN3O2. The lowest BCUT2D eigenvalue weighted by Gasteiger charge is -2.28. The van der Waals surface area contributed by atoms with Gasteiger partial charge < -0.3 is 14.9 Å². The molecule has 3 aromatic rings. The highest BCUT2D eigenvalue weighted by Crippen LogP contribution is 2.37. The average molecular weight is 456 g/mol. The third kappa shape index (κ3) is 3.78. The molecule has 5 nitrogen and oxygen atoms in total. The van der Waals surface area contributed by atoms with Crippen molar-refractivity contribution < 1.29 is 4.79 Å². The van der Waals surface area contributed by atoms with Gasteiger partial charge in [0.15, 0.2) is 0 Å². The number of nitrogens with zero attached hydrogens (tertiary/aromatic N) is 1. The second-order valence-electron chi connectivity index (χ2n) is 8.23. The third-order valence-electron chi connectivity index (χ3n) is 5.88. The van der Waals surface area contributed by atoms with Crippen LogP contribution in [-0.4, -0.2) is 15.5 Å². The molecule has 1 saturated carbocycles. The molecular weight excluding hydrogens is 430 g/mol. The van der Waals surface area contributed by atoms with Gasteiger partial charge in [0.2, 0.25) is 0 Å². The quantitative estimate of drug-likeness (QED) is 0.556. The molecule has 1 amide bonds. The Kier molecular flexibility index (Phi) is 5.38. The van der Waals surface area contributed by atoms with Gasteiger partial charge in [-0.15, -0.1) is 0 Å². The zero-order valence-electron chi connectivity index (χ0n) is 17.0. The number of rotatable bonds is 5. The summed E-state index contributed by atoms with van der Waals surface area (Å²) >= 11 is 3.53. The van der Waals surface area contributed by atoms with E-state index >= 15 is 0 Å². The van der Waals surface area contributed by atoms with Gasteiger partial charge in [-0.3, -0.25) is 9.59 Å². The van der Waals surface area contributed by atoms with Crippen LogP contribution in [0.4, 0.5) is 0 Å². The van der Waals surface area contributed by atoms with E-state index in [1.54, 1.807) is 0 Å². The second kappa shape index (κ2) is 7.82. The van der Waals surface area contributed by atoms with Crippen LogP contribution in [-0.2, 0) is 6.54 Å². The molecule has 1 fully saturated rings. The van der Waals surface area contributed by atoms with E-state index in [-0.39, 0.29) is 18.0 Å². The molecule has 0 atom stereocenters. The summed E-state index contributed by atoms with van der Waals surface area (Å²) in [5.41, 5.74) is 4.17. The Morgan fingerprint density at radius 1 is 1.31 bits per heavy atom. The number of fused-ring (bicyclic) bond motifs is 1. The smallest absolute Gasteiger partial charge is 0.253 e. The molecule has 29 heavy (non-hydrogen) atoms. The van der Waals surface area contributed by atoms with Crippen LogP contribution in [0.15, 0.2) is 39.7 Å². The van der Waals surface area contributed by atoms with Crippen LogP contribution in [0, 0.1) is 6.92 Å². The third-order valence-corrected chi connectivity index (χ3v) is 6.34. The first-order chi connectivity index (χ1) is 13.8. The van der Waals surface area contributed by atoms with Crippen molar-refractivity contribution in [2.24, 2.45) is 0 Å². The molecule has 0 aliphatic heterocycles. The normalized spacial score (nSPS) is 14.4. The number of amides is 1. The highest BCUT2D eigenvalue weighted by molar-refractivity contribution is 9.10. The van der Waals surface area contributed by atoms with E-state index in [2.05, 4.69) is 50.7 Å². The van der Waals surface area contributed by atoms with E-state index in [1.807, 2.05) is 31.3 Å². The van der Waals surface area contributed by atoms with E-state index in [9.17, 15) is 9.59 Å². The summed E-state index contributed by atoms with van der Waals surface area (Å²) in [6, 6.07) is 8.22. The average Bonchev–Trinajstić information content (AvgIpc) is 3.02. The largest absolute Gasteiger partial charge is 0.348 e. The fraction of sp³-hybridized carbons (Fsp3) is 0.391. The van der Waals surface area contributed by atoms with Crippen LogP contribution in [0.3, 0.4) is 0 Å². The van der Waals surface area contributed by atoms with E-state index < -0.39 is 0 Å². The van der Waals surface area contributed by atoms with E-state index in [1.165, 1.54) is 6.42 Å². The number of carbonyl (C=O) groups excluding carboxylic acids is 1. The molecule has 0 spiro atoms. The first kappa shape index (κ1) is 20.0. The Hall–Kier alpha value is -2.34. The number of H-pyrrole nitrogens is 1. The Balaban J connectivity index is 1.64. The Labute approximate surface area is 178 Å². The summed E-state index contributed by atoms with van der Waals surface area (Å²) in [6.07, 6.45) is 5.43. The molecule has 0 bridgehead atoms. The van der Waals surface area contributed by atoms with Crippen LogP contribution in [0.2, 0.25) is 0 Å². The number of nitrogens with one attached hydrogen (secondary N) is 2. The van der Waals surface area contributed by atoms with Crippen LogP contribution < -0.4 is 10.9 Å². The number of hydrogen-bond acceptors (Lipinski definition) is 2. The maximum atomic E-state index is 13.1. The molecule has 1 aliphatic rings. The fourth-order valence-electron chi connectivity index (χ4n) is 4.14. The van der Waals surface area contributed by atoms with Crippen molar-refractivity contribution in [1.29, 1.82) is 0 Å². The van der Waals surface area contributed by atoms with Gasteiger partial charge >= 0.3 is 0 Å². The van der Waals surface area contributed by atoms with Gasteiger partial charge in [0.25, 0.3) is 11.5 Å². The summed E-state index contributed by atoms with van der Waals surface area (Å²) in [7, 11) is 0. The predicted molar refractivity (Wildman–Crippen MR) is 120 cm³/mol. The summed E-state index contributed by atoms with van der Waals surface area (Å²) in [5, 5.41) is 3.90. The Morgan fingerprint density at radius 2 is 2.07 bits per heavy atom. The lowest BCUT2D eigenvalue weighted by molar-refractivity contribution is 0.0952. The number of aromatic amines is 1. The number of carbonyl (C=O) groups is 1. The topological polar surface area (TPSA) is 66.9 Å². The van der Waals surface area contributed by atoms with Crippen LogP contribution >= 0.6 is 15.9 Å². The minimum Gasteiger partial charge on any atom is -0.348 e. The number of pyridine rings is 1. The van der Waals surface area contributed by atoms with Crippen LogP contribution in [0.5, 0.6) is 0 Å². The van der Waals surface area contributed by atoms with Crippen molar-refractivity contribution in [3.63, 3.8) is 0 Å². The summed E-state index contributed by atoms with van der Waals surface area (Å²) in [6.45, 7) is 6.38. The number of aryl methyl sites for hydroxylation is 1. The fourth-order valence-corrected chi connectivity index (χ4v) is 4.58. The lowest BCUT2D eigenvalue weighted by atomic mass is 9.78. The van der Waals surface area contributed by atoms with Crippen molar-refractivity contribution in [3.8, 4) is 0 Å². The first-order valence-corrected chi connectivity index (χ1v) is 11.0. The van der Waals surface area contributed by atoms with Gasteiger partial charge in [0, 0.05) is 45.5 Å². The molecule has 6 heteroatoms. The van der Waals surface area contributed by atoms with E-state index in [4.69, 9.17) is 0 Å². The predicted octanol–water partition coefficient (Wildman–Crippen LogP) is 5.18. The van der Waals surface area contributed by atoms with E-state index in [0.717, 1.165) is 39.5 Å². The highest BCUT2D eigenvalue weighted by Gasteiger charge is 2.24.